The molecule has 0 aliphatic carbocycles. The Balaban J connectivity index is 0.000000109. The largest absolute Gasteiger partial charge is 0.442 e. The third-order valence-electron chi connectivity index (χ3n) is 3.84. The average Bonchev–Trinajstić information content (AvgIpc) is 3.48. The molecule has 0 fully saturated rings. The molecule has 0 N–H and O–H groups in total. The summed E-state index contributed by atoms with van der Waals surface area (Å²) in [5.41, 5.74) is 5.96. The van der Waals surface area contributed by atoms with E-state index in [1.54, 1.807) is 31.7 Å². The van der Waals surface area contributed by atoms with Gasteiger partial charge in [-0.25, -0.2) is 15.0 Å². The van der Waals surface area contributed by atoms with Gasteiger partial charge in [-0.1, -0.05) is 0 Å². The van der Waals surface area contributed by atoms with Gasteiger partial charge >= 0.3 is 0 Å². The summed E-state index contributed by atoms with van der Waals surface area (Å²) in [6.07, 6.45) is 9.03. The zero-order valence-electron chi connectivity index (χ0n) is 16.2. The topological polar surface area (TPSA) is 155 Å². The highest BCUT2D eigenvalue weighted by Gasteiger charge is 2.02. The molecule has 0 spiro atoms. The van der Waals surface area contributed by atoms with Crippen LogP contribution in [0.5, 0.6) is 0 Å². The van der Waals surface area contributed by atoms with Crippen molar-refractivity contribution in [3.63, 3.8) is 0 Å². The van der Waals surface area contributed by atoms with Crippen molar-refractivity contribution < 1.29 is 13.3 Å². The molecule has 0 atom stereocenters. The van der Waals surface area contributed by atoms with Crippen LogP contribution in [0.3, 0.4) is 0 Å². The molecule has 0 bridgehead atoms. The van der Waals surface area contributed by atoms with Crippen molar-refractivity contribution in [2.24, 2.45) is 0 Å². The van der Waals surface area contributed by atoms with E-state index in [4.69, 9.17) is 13.3 Å². The molecule has 6 rings (SSSR count). The summed E-state index contributed by atoms with van der Waals surface area (Å²) in [5.74, 6) is 0.643. The van der Waals surface area contributed by atoms with E-state index in [1.807, 2.05) is 13.8 Å². The fourth-order valence-corrected chi connectivity index (χ4v) is 2.48. The second-order valence-electron chi connectivity index (χ2n) is 5.96. The maximum atomic E-state index is 5.15. The number of rotatable bonds is 0. The minimum Gasteiger partial charge on any atom is -0.442 e. The Labute approximate surface area is 168 Å². The smallest absolute Gasteiger partial charge is 0.192 e. The number of hydrogen-bond acceptors (Lipinski definition) is 12. The van der Waals surface area contributed by atoms with Gasteiger partial charge in [-0.3, -0.25) is 0 Å². The Hall–Kier alpha value is -4.35. The molecule has 0 aliphatic rings. The summed E-state index contributed by atoms with van der Waals surface area (Å²) in [4.78, 5) is 11.9. The summed E-state index contributed by atoms with van der Waals surface area (Å²) >= 11 is 0. The molecule has 6 aromatic rings. The summed E-state index contributed by atoms with van der Waals surface area (Å²) < 4.78 is 15.2. The number of nitrogens with zero attached hydrogens (tertiary/aromatic N) is 9. The first-order chi connectivity index (χ1) is 14.6. The zero-order chi connectivity index (χ0) is 20.9. The highest BCUT2D eigenvalue weighted by atomic mass is 16.3. The van der Waals surface area contributed by atoms with Crippen molar-refractivity contribution in [1.82, 2.24) is 45.5 Å². The standard InChI is InChI=1S/3C6H5N3O/c1-4-6-5(2-8-9-4)10-3-7-6;1-4-6-5(2-8-9-4)7-3-10-6;1-4-9-5-2-7-8-3-6(5)10-4/h3*2-3H,1H3. The lowest BCUT2D eigenvalue weighted by atomic mass is 10.4. The number of oxazole rings is 3. The zero-order valence-corrected chi connectivity index (χ0v) is 16.2. The van der Waals surface area contributed by atoms with Crippen molar-refractivity contribution in [1.29, 1.82) is 0 Å². The lowest BCUT2D eigenvalue weighted by Gasteiger charge is -1.86. The maximum Gasteiger partial charge on any atom is 0.192 e. The summed E-state index contributed by atoms with van der Waals surface area (Å²) in [6.45, 7) is 5.47. The summed E-state index contributed by atoms with van der Waals surface area (Å²) in [5, 5.41) is 22.3. The predicted octanol–water partition coefficient (Wildman–Crippen LogP) is 2.78. The van der Waals surface area contributed by atoms with Crippen LogP contribution >= 0.6 is 0 Å². The normalized spacial score (nSPS) is 10.5. The molecule has 0 saturated carbocycles. The molecule has 0 unspecified atom stereocenters. The molecule has 0 amide bonds. The Morgan fingerprint density at radius 1 is 0.667 bits per heavy atom. The predicted molar refractivity (Wildman–Crippen MR) is 103 cm³/mol. The van der Waals surface area contributed by atoms with Crippen LogP contribution in [0.4, 0.5) is 0 Å². The third-order valence-corrected chi connectivity index (χ3v) is 3.84. The lowest BCUT2D eigenvalue weighted by molar-refractivity contribution is 0.559. The SMILES string of the molecule is Cc1nc2cnncc2o1.Cc1nncc2ncoc12.Cc1nncc2ocnc12. The van der Waals surface area contributed by atoms with Gasteiger partial charge in [0.25, 0.3) is 0 Å². The summed E-state index contributed by atoms with van der Waals surface area (Å²) in [6, 6.07) is 0. The Morgan fingerprint density at radius 3 is 2.17 bits per heavy atom. The van der Waals surface area contributed by atoms with Gasteiger partial charge in [0, 0.05) is 6.92 Å². The van der Waals surface area contributed by atoms with Gasteiger partial charge in [-0.15, -0.1) is 0 Å². The number of aromatic nitrogens is 9. The van der Waals surface area contributed by atoms with Crippen LogP contribution in [-0.4, -0.2) is 45.5 Å². The van der Waals surface area contributed by atoms with Crippen molar-refractivity contribution in [3.05, 3.63) is 54.9 Å². The van der Waals surface area contributed by atoms with Crippen LogP contribution in [0.2, 0.25) is 0 Å². The average molecular weight is 405 g/mol. The van der Waals surface area contributed by atoms with Gasteiger partial charge < -0.3 is 13.3 Å². The molecular formula is C18H15N9O3. The van der Waals surface area contributed by atoms with Gasteiger partial charge in [0.15, 0.2) is 35.4 Å². The van der Waals surface area contributed by atoms with Crippen LogP contribution in [-0.2, 0) is 0 Å². The van der Waals surface area contributed by atoms with Crippen LogP contribution in [0.25, 0.3) is 33.3 Å². The van der Waals surface area contributed by atoms with E-state index in [0.29, 0.717) is 17.1 Å². The first-order valence-electron chi connectivity index (χ1n) is 8.68. The van der Waals surface area contributed by atoms with E-state index >= 15 is 0 Å². The number of hydrogen-bond donors (Lipinski definition) is 0. The van der Waals surface area contributed by atoms with Crippen LogP contribution < -0.4 is 0 Å². The first-order valence-corrected chi connectivity index (χ1v) is 8.68. The Morgan fingerprint density at radius 2 is 1.37 bits per heavy atom. The van der Waals surface area contributed by atoms with Gasteiger partial charge in [0.2, 0.25) is 0 Å². The molecule has 0 aromatic carbocycles. The quantitative estimate of drug-likeness (QED) is 0.364. The fourth-order valence-electron chi connectivity index (χ4n) is 2.48. The third kappa shape index (κ3) is 4.06. The van der Waals surface area contributed by atoms with E-state index in [1.165, 1.54) is 12.8 Å². The summed E-state index contributed by atoms with van der Waals surface area (Å²) in [7, 11) is 0. The van der Waals surface area contributed by atoms with Crippen LogP contribution in [0, 0.1) is 20.8 Å². The fraction of sp³-hybridized carbons (Fsp3) is 0.167. The Bertz CT molecular complexity index is 1300. The Kier molecular flexibility index (Phi) is 5.28. The first kappa shape index (κ1) is 19.0. The molecule has 0 saturated heterocycles. The monoisotopic (exact) mass is 405 g/mol. The van der Waals surface area contributed by atoms with E-state index in [2.05, 4.69) is 45.5 Å². The molecule has 0 radical (unpaired) electrons. The van der Waals surface area contributed by atoms with E-state index in [-0.39, 0.29) is 0 Å². The lowest BCUT2D eigenvalue weighted by Crippen LogP contribution is -1.85. The minimum absolute atomic E-state index is 0.643. The maximum absolute atomic E-state index is 5.15. The van der Waals surface area contributed by atoms with Gasteiger partial charge in [-0.2, -0.15) is 30.6 Å². The van der Waals surface area contributed by atoms with E-state index in [9.17, 15) is 0 Å². The molecule has 30 heavy (non-hydrogen) atoms. The highest BCUT2D eigenvalue weighted by molar-refractivity contribution is 5.73. The van der Waals surface area contributed by atoms with Gasteiger partial charge in [0.05, 0.1) is 30.5 Å². The number of aryl methyl sites for hydroxylation is 3. The molecular weight excluding hydrogens is 390 g/mol. The molecule has 12 nitrogen and oxygen atoms in total. The molecule has 6 aromatic heterocycles. The minimum atomic E-state index is 0.643. The highest BCUT2D eigenvalue weighted by Crippen LogP contribution is 2.12. The van der Waals surface area contributed by atoms with Crippen molar-refractivity contribution in [3.8, 4) is 0 Å². The molecule has 150 valence electrons. The van der Waals surface area contributed by atoms with Crippen molar-refractivity contribution >= 4 is 33.3 Å². The van der Waals surface area contributed by atoms with E-state index in [0.717, 1.165) is 33.5 Å². The number of fused-ring (bicyclic) bond motifs is 3. The second kappa shape index (κ2) is 8.34. The van der Waals surface area contributed by atoms with Crippen molar-refractivity contribution in [2.45, 2.75) is 20.8 Å². The molecule has 12 heteroatoms. The van der Waals surface area contributed by atoms with Crippen molar-refractivity contribution in [2.75, 3.05) is 0 Å². The molecule has 0 aliphatic heterocycles. The molecule has 6 heterocycles. The van der Waals surface area contributed by atoms with Gasteiger partial charge in [-0.05, 0) is 13.8 Å². The van der Waals surface area contributed by atoms with Crippen LogP contribution in [0.1, 0.15) is 17.3 Å². The van der Waals surface area contributed by atoms with E-state index < -0.39 is 0 Å². The second-order valence-corrected chi connectivity index (χ2v) is 5.96. The van der Waals surface area contributed by atoms with Crippen LogP contribution in [0.15, 0.2) is 50.8 Å². The van der Waals surface area contributed by atoms with Gasteiger partial charge in [0.1, 0.15) is 22.2 Å².